The Hall–Kier alpha value is -3.59. The number of benzene rings is 2. The first-order chi connectivity index (χ1) is 17.0. The van der Waals surface area contributed by atoms with Gasteiger partial charge in [-0.1, -0.05) is 29.4 Å². The van der Waals surface area contributed by atoms with E-state index in [2.05, 4.69) is 20.8 Å². The van der Waals surface area contributed by atoms with Crippen LogP contribution in [0.5, 0.6) is 0 Å². The third-order valence-electron chi connectivity index (χ3n) is 6.30. The van der Waals surface area contributed by atoms with E-state index in [0.717, 1.165) is 48.4 Å². The lowest BCUT2D eigenvalue weighted by Gasteiger charge is -2.26. The fourth-order valence-electron chi connectivity index (χ4n) is 4.46. The minimum atomic E-state index is -0.493. The Bertz CT molecular complexity index is 1300. The molecule has 0 radical (unpaired) electrons. The average Bonchev–Trinajstić information content (AvgIpc) is 3.51. The molecule has 0 saturated heterocycles. The van der Waals surface area contributed by atoms with E-state index in [9.17, 15) is 9.18 Å². The van der Waals surface area contributed by atoms with Gasteiger partial charge >= 0.3 is 6.03 Å². The van der Waals surface area contributed by atoms with Crippen molar-refractivity contribution in [2.24, 2.45) is 5.92 Å². The van der Waals surface area contributed by atoms with Gasteiger partial charge in [-0.25, -0.2) is 14.2 Å². The van der Waals surface area contributed by atoms with Gasteiger partial charge in [0, 0.05) is 24.2 Å². The van der Waals surface area contributed by atoms with Crippen molar-refractivity contribution in [2.45, 2.75) is 44.9 Å². The molecule has 5 rings (SSSR count). The molecule has 35 heavy (non-hydrogen) atoms. The molecule has 2 aromatic heterocycles. The van der Waals surface area contributed by atoms with Crippen molar-refractivity contribution in [3.63, 3.8) is 0 Å². The maximum absolute atomic E-state index is 13.7. The van der Waals surface area contributed by atoms with Gasteiger partial charge < -0.3 is 15.2 Å². The van der Waals surface area contributed by atoms with E-state index in [1.54, 1.807) is 23.5 Å². The standard InChI is InChI=1S/C26H26FN5O2S/c1-16-29-24(34-32-16)14-17-6-8-19(9-7-17)25-28-15-23(35-25)18-10-12-20(13-11-18)30-26(33)31-22-5-3-2-4-21(22)27/h2-5,10-13,15,17,19H,6-9,14H2,1H3,(H2,30,31,33). The highest BCUT2D eigenvalue weighted by Gasteiger charge is 2.26. The number of carbonyl (C=O) groups is 1. The summed E-state index contributed by atoms with van der Waals surface area (Å²) in [5, 5.41) is 10.3. The Labute approximate surface area is 206 Å². The molecule has 0 unspecified atom stereocenters. The molecule has 0 aliphatic heterocycles. The predicted molar refractivity (Wildman–Crippen MR) is 134 cm³/mol. The summed E-state index contributed by atoms with van der Waals surface area (Å²) in [6.45, 7) is 1.85. The predicted octanol–water partition coefficient (Wildman–Crippen LogP) is 6.80. The molecular weight excluding hydrogens is 465 g/mol. The van der Waals surface area contributed by atoms with E-state index >= 15 is 0 Å². The summed E-state index contributed by atoms with van der Waals surface area (Å²) >= 11 is 1.73. The molecule has 2 amide bonds. The van der Waals surface area contributed by atoms with Crippen molar-refractivity contribution in [1.82, 2.24) is 15.1 Å². The molecule has 0 bridgehead atoms. The maximum atomic E-state index is 13.7. The molecule has 2 heterocycles. The number of nitrogens with one attached hydrogen (secondary N) is 2. The Balaban J connectivity index is 1.15. The number of para-hydroxylation sites is 1. The molecule has 1 fully saturated rings. The van der Waals surface area contributed by atoms with E-state index in [1.807, 2.05) is 37.4 Å². The summed E-state index contributed by atoms with van der Waals surface area (Å²) in [4.78, 5) is 22.3. The van der Waals surface area contributed by atoms with Crippen LogP contribution in [0.4, 0.5) is 20.6 Å². The van der Waals surface area contributed by atoms with Crippen LogP contribution in [0.25, 0.3) is 10.4 Å². The van der Waals surface area contributed by atoms with E-state index in [4.69, 9.17) is 9.51 Å². The topological polar surface area (TPSA) is 92.9 Å². The number of nitrogens with zero attached hydrogens (tertiary/aromatic N) is 3. The molecule has 2 N–H and O–H groups in total. The fourth-order valence-corrected chi connectivity index (χ4v) is 5.55. The van der Waals surface area contributed by atoms with Crippen LogP contribution in [0.2, 0.25) is 0 Å². The Kier molecular flexibility index (Phi) is 6.85. The first-order valence-corrected chi connectivity index (χ1v) is 12.5. The normalized spacial score (nSPS) is 17.8. The first kappa shape index (κ1) is 23.2. The first-order valence-electron chi connectivity index (χ1n) is 11.7. The number of halogens is 1. The second kappa shape index (κ2) is 10.4. The van der Waals surface area contributed by atoms with Gasteiger partial charge in [0.25, 0.3) is 0 Å². The van der Waals surface area contributed by atoms with Gasteiger partial charge in [-0.05, 0) is 68.4 Å². The molecule has 2 aromatic carbocycles. The second-order valence-electron chi connectivity index (χ2n) is 8.86. The SMILES string of the molecule is Cc1noc(CC2CCC(c3ncc(-c4ccc(NC(=O)Nc5ccccc5F)cc4)s3)CC2)n1. The van der Waals surface area contributed by atoms with Crippen molar-refractivity contribution < 1.29 is 13.7 Å². The average molecular weight is 492 g/mol. The number of anilines is 2. The number of hydrogen-bond acceptors (Lipinski definition) is 6. The van der Waals surface area contributed by atoms with E-state index in [0.29, 0.717) is 23.3 Å². The number of aromatic nitrogens is 3. The van der Waals surface area contributed by atoms with Gasteiger partial charge in [-0.15, -0.1) is 11.3 Å². The number of thiazole rings is 1. The van der Waals surface area contributed by atoms with Gasteiger partial charge in [0.1, 0.15) is 5.82 Å². The monoisotopic (exact) mass is 491 g/mol. The van der Waals surface area contributed by atoms with Crippen LogP contribution < -0.4 is 10.6 Å². The molecular formula is C26H26FN5O2S. The molecule has 0 atom stereocenters. The van der Waals surface area contributed by atoms with Crippen LogP contribution in [0.3, 0.4) is 0 Å². The van der Waals surface area contributed by atoms with Crippen LogP contribution in [-0.4, -0.2) is 21.2 Å². The van der Waals surface area contributed by atoms with E-state index in [-0.39, 0.29) is 5.69 Å². The number of urea groups is 1. The summed E-state index contributed by atoms with van der Waals surface area (Å²) in [6, 6.07) is 13.1. The van der Waals surface area contributed by atoms with Gasteiger partial charge in [0.2, 0.25) is 5.89 Å². The minimum absolute atomic E-state index is 0.137. The summed E-state index contributed by atoms with van der Waals surface area (Å²) in [5.74, 6) is 2.02. The Morgan fingerprint density at radius 1 is 1.09 bits per heavy atom. The van der Waals surface area contributed by atoms with Crippen LogP contribution in [0, 0.1) is 18.7 Å². The fraction of sp³-hybridized carbons (Fsp3) is 0.308. The van der Waals surface area contributed by atoms with Gasteiger partial charge in [-0.3, -0.25) is 0 Å². The van der Waals surface area contributed by atoms with Crippen molar-refractivity contribution in [3.05, 3.63) is 77.3 Å². The van der Waals surface area contributed by atoms with E-state index < -0.39 is 11.8 Å². The molecule has 1 aliphatic rings. The molecule has 7 nitrogen and oxygen atoms in total. The largest absolute Gasteiger partial charge is 0.339 e. The van der Waals surface area contributed by atoms with Gasteiger partial charge in [-0.2, -0.15) is 4.98 Å². The third kappa shape index (κ3) is 5.74. The quantitative estimate of drug-likeness (QED) is 0.309. The zero-order chi connectivity index (χ0) is 24.2. The summed E-state index contributed by atoms with van der Waals surface area (Å²) < 4.78 is 19.0. The molecule has 1 aliphatic carbocycles. The maximum Gasteiger partial charge on any atom is 0.323 e. The summed E-state index contributed by atoms with van der Waals surface area (Å²) in [7, 11) is 0. The van der Waals surface area contributed by atoms with Crippen LogP contribution in [0.1, 0.15) is 48.3 Å². The summed E-state index contributed by atoms with van der Waals surface area (Å²) in [5.41, 5.74) is 1.81. The van der Waals surface area contributed by atoms with Crippen molar-refractivity contribution >= 4 is 28.7 Å². The molecule has 1 saturated carbocycles. The van der Waals surface area contributed by atoms with Crippen LogP contribution in [-0.2, 0) is 6.42 Å². The van der Waals surface area contributed by atoms with Crippen LogP contribution >= 0.6 is 11.3 Å². The molecule has 180 valence electrons. The third-order valence-corrected chi connectivity index (χ3v) is 7.51. The zero-order valence-corrected chi connectivity index (χ0v) is 20.1. The lowest BCUT2D eigenvalue weighted by molar-refractivity contribution is 0.262. The molecule has 4 aromatic rings. The zero-order valence-electron chi connectivity index (χ0n) is 19.3. The lowest BCUT2D eigenvalue weighted by Crippen LogP contribution is -2.20. The molecule has 9 heteroatoms. The van der Waals surface area contributed by atoms with Crippen molar-refractivity contribution in [3.8, 4) is 10.4 Å². The Morgan fingerprint density at radius 3 is 2.57 bits per heavy atom. The van der Waals surface area contributed by atoms with Gasteiger partial charge in [0.05, 0.1) is 15.6 Å². The number of carbonyl (C=O) groups excluding carboxylic acids is 1. The minimum Gasteiger partial charge on any atom is -0.339 e. The molecule has 0 spiro atoms. The van der Waals surface area contributed by atoms with Gasteiger partial charge in [0.15, 0.2) is 5.82 Å². The number of amides is 2. The van der Waals surface area contributed by atoms with Crippen molar-refractivity contribution in [1.29, 1.82) is 0 Å². The number of rotatable bonds is 6. The highest BCUT2D eigenvalue weighted by atomic mass is 32.1. The number of hydrogen-bond donors (Lipinski definition) is 2. The van der Waals surface area contributed by atoms with Crippen LogP contribution in [0.15, 0.2) is 59.3 Å². The van der Waals surface area contributed by atoms with Crippen molar-refractivity contribution in [2.75, 3.05) is 10.6 Å². The smallest absolute Gasteiger partial charge is 0.323 e. The lowest BCUT2D eigenvalue weighted by atomic mass is 9.81. The second-order valence-corrected chi connectivity index (χ2v) is 9.92. The summed E-state index contributed by atoms with van der Waals surface area (Å²) in [6.07, 6.45) is 7.29. The highest BCUT2D eigenvalue weighted by Crippen LogP contribution is 2.40. The van der Waals surface area contributed by atoms with E-state index in [1.165, 1.54) is 17.1 Å². The number of aryl methyl sites for hydroxylation is 1. The highest BCUT2D eigenvalue weighted by molar-refractivity contribution is 7.15. The Morgan fingerprint density at radius 2 is 1.86 bits per heavy atom.